The average molecular weight is 286 g/mol. The maximum atomic E-state index is 11.9. The molecule has 0 saturated carbocycles. The van der Waals surface area contributed by atoms with Gasteiger partial charge in [0.1, 0.15) is 6.04 Å². The van der Waals surface area contributed by atoms with E-state index in [1.54, 1.807) is 0 Å². The highest BCUT2D eigenvalue weighted by molar-refractivity contribution is 5.87. The van der Waals surface area contributed by atoms with Gasteiger partial charge in [0.15, 0.2) is 0 Å². The SMILES string of the molecule is COCCN(CCC#N)C(=O)NC(CC(N)=O)C(=O)O. The lowest BCUT2D eigenvalue weighted by Crippen LogP contribution is -2.50. The van der Waals surface area contributed by atoms with Gasteiger partial charge >= 0.3 is 12.0 Å². The molecule has 0 radical (unpaired) electrons. The molecule has 0 aliphatic rings. The quantitative estimate of drug-likeness (QED) is 0.489. The summed E-state index contributed by atoms with van der Waals surface area (Å²) in [6, 6.07) is -0.200. The Balaban J connectivity index is 4.64. The summed E-state index contributed by atoms with van der Waals surface area (Å²) in [5.41, 5.74) is 4.91. The minimum Gasteiger partial charge on any atom is -0.480 e. The first-order valence-corrected chi connectivity index (χ1v) is 5.84. The van der Waals surface area contributed by atoms with Gasteiger partial charge < -0.3 is 25.8 Å². The Kier molecular flexibility index (Phi) is 8.45. The number of nitrogens with one attached hydrogen (secondary N) is 1. The molecule has 3 amide bonds. The van der Waals surface area contributed by atoms with Crippen LogP contribution in [0.2, 0.25) is 0 Å². The van der Waals surface area contributed by atoms with E-state index < -0.39 is 30.4 Å². The number of carbonyl (C=O) groups excluding carboxylic acids is 2. The first-order chi connectivity index (χ1) is 9.42. The van der Waals surface area contributed by atoms with E-state index in [2.05, 4.69) is 5.32 Å². The molecule has 0 spiro atoms. The van der Waals surface area contributed by atoms with Crippen LogP contribution in [0, 0.1) is 11.3 Å². The van der Waals surface area contributed by atoms with Crippen LogP contribution >= 0.6 is 0 Å². The van der Waals surface area contributed by atoms with Crippen molar-refractivity contribution in [1.82, 2.24) is 10.2 Å². The Morgan fingerprint density at radius 3 is 2.55 bits per heavy atom. The second kappa shape index (κ2) is 9.57. The normalized spacial score (nSPS) is 11.2. The molecular formula is C11H18N4O5. The molecule has 0 aromatic rings. The molecule has 0 saturated heterocycles. The number of primary amides is 1. The first-order valence-electron chi connectivity index (χ1n) is 5.84. The van der Waals surface area contributed by atoms with Gasteiger partial charge in [-0.15, -0.1) is 0 Å². The highest BCUT2D eigenvalue weighted by Crippen LogP contribution is 1.98. The first kappa shape index (κ1) is 17.7. The van der Waals surface area contributed by atoms with E-state index in [0.717, 1.165) is 0 Å². The van der Waals surface area contributed by atoms with Crippen molar-refractivity contribution >= 4 is 17.9 Å². The van der Waals surface area contributed by atoms with Gasteiger partial charge in [-0.2, -0.15) is 5.26 Å². The van der Waals surface area contributed by atoms with Crippen LogP contribution in [0.1, 0.15) is 12.8 Å². The molecule has 0 rings (SSSR count). The maximum absolute atomic E-state index is 11.9. The van der Waals surface area contributed by atoms with Gasteiger partial charge in [-0.05, 0) is 0 Å². The zero-order valence-electron chi connectivity index (χ0n) is 11.2. The fraction of sp³-hybridized carbons (Fsp3) is 0.636. The number of amides is 3. The Morgan fingerprint density at radius 1 is 1.45 bits per heavy atom. The number of carboxylic acid groups (broad SMARTS) is 1. The lowest BCUT2D eigenvalue weighted by Gasteiger charge is -2.23. The Bertz CT molecular complexity index is 393. The summed E-state index contributed by atoms with van der Waals surface area (Å²) in [5, 5.41) is 19.6. The van der Waals surface area contributed by atoms with Gasteiger partial charge in [-0.25, -0.2) is 9.59 Å². The van der Waals surface area contributed by atoms with Crippen LogP contribution in [-0.4, -0.2) is 60.8 Å². The lowest BCUT2D eigenvalue weighted by molar-refractivity contribution is -0.140. The number of carbonyl (C=O) groups is 3. The number of methoxy groups -OCH3 is 1. The van der Waals surface area contributed by atoms with Crippen LogP contribution in [0.15, 0.2) is 0 Å². The van der Waals surface area contributed by atoms with Gasteiger partial charge in [0.05, 0.1) is 25.5 Å². The van der Waals surface area contributed by atoms with Crippen molar-refractivity contribution in [2.45, 2.75) is 18.9 Å². The molecule has 1 unspecified atom stereocenters. The van der Waals surface area contributed by atoms with Crippen molar-refractivity contribution in [3.05, 3.63) is 0 Å². The van der Waals surface area contributed by atoms with Gasteiger partial charge in [0.25, 0.3) is 0 Å². The Hall–Kier alpha value is -2.34. The van der Waals surface area contributed by atoms with E-state index >= 15 is 0 Å². The molecule has 9 nitrogen and oxygen atoms in total. The fourth-order valence-corrected chi connectivity index (χ4v) is 1.34. The molecule has 112 valence electrons. The van der Waals surface area contributed by atoms with E-state index in [4.69, 9.17) is 20.8 Å². The van der Waals surface area contributed by atoms with Gasteiger partial charge in [-0.1, -0.05) is 0 Å². The highest BCUT2D eigenvalue weighted by Gasteiger charge is 2.24. The summed E-state index contributed by atoms with van der Waals surface area (Å²) in [5.74, 6) is -2.19. The van der Waals surface area contributed by atoms with Crippen molar-refractivity contribution in [2.75, 3.05) is 26.8 Å². The van der Waals surface area contributed by atoms with Crippen LogP contribution in [0.25, 0.3) is 0 Å². The largest absolute Gasteiger partial charge is 0.480 e. The maximum Gasteiger partial charge on any atom is 0.326 e. The summed E-state index contributed by atoms with van der Waals surface area (Å²) in [4.78, 5) is 34.8. The zero-order chi connectivity index (χ0) is 15.5. The molecule has 0 bridgehead atoms. The molecule has 0 aliphatic carbocycles. The highest BCUT2D eigenvalue weighted by atomic mass is 16.5. The molecule has 9 heteroatoms. The van der Waals surface area contributed by atoms with E-state index in [0.29, 0.717) is 0 Å². The van der Waals surface area contributed by atoms with Crippen molar-refractivity contribution in [3.8, 4) is 6.07 Å². The molecule has 0 aliphatic heterocycles. The van der Waals surface area contributed by atoms with Crippen LogP contribution in [0.4, 0.5) is 4.79 Å². The molecule has 0 aromatic heterocycles. The molecule has 0 heterocycles. The zero-order valence-corrected chi connectivity index (χ0v) is 11.2. The van der Waals surface area contributed by atoms with Crippen LogP contribution < -0.4 is 11.1 Å². The standard InChI is InChI=1S/C11H18N4O5/c1-20-6-5-15(4-2-3-12)11(19)14-8(10(17)18)7-9(13)16/h8H,2,4-7H2,1H3,(H2,13,16)(H,14,19)(H,17,18). The second-order valence-corrected chi connectivity index (χ2v) is 3.90. The number of nitrogens with two attached hydrogens (primary N) is 1. The Morgan fingerprint density at radius 2 is 2.10 bits per heavy atom. The summed E-state index contributed by atoms with van der Waals surface area (Å²) in [6.07, 6.45) is -0.401. The van der Waals surface area contributed by atoms with E-state index in [1.807, 2.05) is 6.07 Å². The summed E-state index contributed by atoms with van der Waals surface area (Å²) >= 11 is 0. The number of rotatable bonds is 9. The Labute approximate surface area is 116 Å². The number of hydrogen-bond donors (Lipinski definition) is 3. The van der Waals surface area contributed by atoms with E-state index in [-0.39, 0.29) is 26.1 Å². The third kappa shape index (κ3) is 7.17. The van der Waals surface area contributed by atoms with Crippen LogP contribution in [0.3, 0.4) is 0 Å². The molecular weight excluding hydrogens is 268 g/mol. The van der Waals surface area contributed by atoms with Gasteiger partial charge in [-0.3, -0.25) is 4.79 Å². The second-order valence-electron chi connectivity index (χ2n) is 3.90. The lowest BCUT2D eigenvalue weighted by atomic mass is 10.2. The molecule has 20 heavy (non-hydrogen) atoms. The van der Waals surface area contributed by atoms with Crippen molar-refractivity contribution < 1.29 is 24.2 Å². The smallest absolute Gasteiger partial charge is 0.326 e. The van der Waals surface area contributed by atoms with Crippen molar-refractivity contribution in [2.24, 2.45) is 5.73 Å². The molecule has 1 atom stereocenters. The molecule has 0 fully saturated rings. The van der Waals surface area contributed by atoms with E-state index in [9.17, 15) is 14.4 Å². The predicted octanol–water partition coefficient (Wildman–Crippen LogP) is -1.11. The monoisotopic (exact) mass is 286 g/mol. The minimum atomic E-state index is -1.40. The molecule has 0 aromatic carbocycles. The summed E-state index contributed by atoms with van der Waals surface area (Å²) < 4.78 is 4.82. The fourth-order valence-electron chi connectivity index (χ4n) is 1.34. The number of hydrogen-bond acceptors (Lipinski definition) is 5. The topological polar surface area (TPSA) is 146 Å². The molecule has 4 N–H and O–H groups in total. The predicted molar refractivity (Wildman–Crippen MR) is 67.4 cm³/mol. The average Bonchev–Trinajstić information content (AvgIpc) is 2.37. The van der Waals surface area contributed by atoms with Gasteiger partial charge in [0, 0.05) is 20.2 Å². The third-order valence-corrected chi connectivity index (χ3v) is 2.35. The minimum absolute atomic E-state index is 0.102. The number of nitrogens with zero attached hydrogens (tertiary/aromatic N) is 2. The van der Waals surface area contributed by atoms with Gasteiger partial charge in [0.2, 0.25) is 5.91 Å². The van der Waals surface area contributed by atoms with Crippen molar-refractivity contribution in [1.29, 1.82) is 5.26 Å². The van der Waals surface area contributed by atoms with Crippen molar-refractivity contribution in [3.63, 3.8) is 0 Å². The third-order valence-electron chi connectivity index (χ3n) is 2.35. The van der Waals surface area contributed by atoms with Crippen LogP contribution in [0.5, 0.6) is 0 Å². The number of urea groups is 1. The summed E-state index contributed by atoms with van der Waals surface area (Å²) in [6.45, 7) is 0.577. The number of nitriles is 1. The number of ether oxygens (including phenoxy) is 1. The van der Waals surface area contributed by atoms with E-state index in [1.165, 1.54) is 12.0 Å². The number of carboxylic acids is 1. The van der Waals surface area contributed by atoms with Crippen LogP contribution in [-0.2, 0) is 14.3 Å². The summed E-state index contributed by atoms with van der Waals surface area (Å²) in [7, 11) is 1.45. The number of aliphatic carboxylic acids is 1.